The SMILES string of the molecule is Cc1cc(F)cc2c3cnccc3c3ncc(F)n3c12. The number of rotatable bonds is 0. The van der Waals surface area contributed by atoms with Crippen molar-refractivity contribution >= 4 is 27.3 Å². The summed E-state index contributed by atoms with van der Waals surface area (Å²) >= 11 is 0. The van der Waals surface area contributed by atoms with Crippen molar-refractivity contribution in [2.24, 2.45) is 0 Å². The van der Waals surface area contributed by atoms with Crippen molar-refractivity contribution in [3.63, 3.8) is 0 Å². The fourth-order valence-corrected chi connectivity index (χ4v) is 2.78. The van der Waals surface area contributed by atoms with Crippen LogP contribution < -0.4 is 0 Å². The largest absolute Gasteiger partial charge is 0.268 e. The Labute approximate surface area is 112 Å². The van der Waals surface area contributed by atoms with Gasteiger partial charge in [-0.3, -0.25) is 9.38 Å². The fourth-order valence-electron chi connectivity index (χ4n) is 2.78. The molecule has 0 spiro atoms. The minimum atomic E-state index is -0.460. The zero-order chi connectivity index (χ0) is 13.9. The van der Waals surface area contributed by atoms with Gasteiger partial charge in [0, 0.05) is 28.6 Å². The third kappa shape index (κ3) is 1.32. The van der Waals surface area contributed by atoms with E-state index in [0.717, 1.165) is 10.8 Å². The molecule has 0 amide bonds. The molecule has 0 saturated heterocycles. The lowest BCUT2D eigenvalue weighted by Gasteiger charge is -2.10. The van der Waals surface area contributed by atoms with Gasteiger partial charge in [0.1, 0.15) is 11.5 Å². The summed E-state index contributed by atoms with van der Waals surface area (Å²) in [5.74, 6) is -0.807. The van der Waals surface area contributed by atoms with Crippen molar-refractivity contribution in [3.8, 4) is 0 Å². The average Bonchev–Trinajstić information content (AvgIpc) is 2.81. The molecule has 3 heterocycles. The van der Waals surface area contributed by atoms with E-state index in [9.17, 15) is 8.78 Å². The second kappa shape index (κ2) is 3.72. The fraction of sp³-hybridized carbons (Fsp3) is 0.0667. The van der Waals surface area contributed by atoms with Gasteiger partial charge in [-0.15, -0.1) is 0 Å². The summed E-state index contributed by atoms with van der Waals surface area (Å²) in [6.07, 6.45) is 4.45. The second-order valence-electron chi connectivity index (χ2n) is 4.78. The maximum atomic E-state index is 14.1. The minimum absolute atomic E-state index is 0.347. The van der Waals surface area contributed by atoms with E-state index in [1.807, 2.05) is 0 Å². The summed E-state index contributed by atoms with van der Waals surface area (Å²) in [6, 6.07) is 4.56. The Morgan fingerprint density at radius 2 is 1.90 bits per heavy atom. The van der Waals surface area contributed by atoms with Crippen LogP contribution in [0.25, 0.3) is 27.3 Å². The standard InChI is InChI=1S/C15H9F2N3/c1-8-4-9(16)5-11-12-6-18-3-2-10(12)15-19-7-13(17)20(15)14(8)11/h2-7H,1H3. The third-order valence-electron chi connectivity index (χ3n) is 3.56. The maximum Gasteiger partial charge on any atom is 0.218 e. The lowest BCUT2D eigenvalue weighted by molar-refractivity contribution is 0.578. The van der Waals surface area contributed by atoms with Crippen LogP contribution in [-0.4, -0.2) is 14.4 Å². The van der Waals surface area contributed by atoms with E-state index in [1.165, 1.54) is 22.7 Å². The van der Waals surface area contributed by atoms with Crippen molar-refractivity contribution < 1.29 is 8.78 Å². The second-order valence-corrected chi connectivity index (χ2v) is 4.78. The van der Waals surface area contributed by atoms with E-state index >= 15 is 0 Å². The summed E-state index contributed by atoms with van der Waals surface area (Å²) < 4.78 is 29.2. The van der Waals surface area contributed by atoms with Crippen molar-refractivity contribution in [2.45, 2.75) is 6.92 Å². The zero-order valence-corrected chi connectivity index (χ0v) is 10.6. The van der Waals surface area contributed by atoms with E-state index in [4.69, 9.17) is 0 Å². The quantitative estimate of drug-likeness (QED) is 0.456. The monoisotopic (exact) mass is 269 g/mol. The minimum Gasteiger partial charge on any atom is -0.268 e. The predicted octanol–water partition coefficient (Wildman–Crippen LogP) is 3.62. The van der Waals surface area contributed by atoms with Crippen molar-refractivity contribution in [2.75, 3.05) is 0 Å². The first-order valence-corrected chi connectivity index (χ1v) is 6.15. The molecule has 5 heteroatoms. The van der Waals surface area contributed by atoms with Crippen molar-refractivity contribution in [1.29, 1.82) is 0 Å². The van der Waals surface area contributed by atoms with Gasteiger partial charge < -0.3 is 0 Å². The highest BCUT2D eigenvalue weighted by molar-refractivity contribution is 6.11. The topological polar surface area (TPSA) is 30.2 Å². The first-order chi connectivity index (χ1) is 9.66. The number of hydrogen-bond donors (Lipinski definition) is 0. The van der Waals surface area contributed by atoms with Gasteiger partial charge in [-0.05, 0) is 30.7 Å². The van der Waals surface area contributed by atoms with Crippen LogP contribution in [0, 0.1) is 18.7 Å². The molecule has 0 bridgehead atoms. The highest BCUT2D eigenvalue weighted by Gasteiger charge is 2.15. The predicted molar refractivity (Wildman–Crippen MR) is 72.7 cm³/mol. The lowest BCUT2D eigenvalue weighted by Crippen LogP contribution is -1.97. The summed E-state index contributed by atoms with van der Waals surface area (Å²) in [7, 11) is 0. The number of fused-ring (bicyclic) bond motifs is 6. The number of pyridine rings is 2. The molecule has 3 nitrogen and oxygen atoms in total. The molecule has 4 rings (SSSR count). The molecule has 3 aromatic heterocycles. The maximum absolute atomic E-state index is 14.1. The van der Waals surface area contributed by atoms with E-state index in [-0.39, 0.29) is 5.82 Å². The van der Waals surface area contributed by atoms with Crippen LogP contribution >= 0.6 is 0 Å². The van der Waals surface area contributed by atoms with Gasteiger partial charge in [-0.1, -0.05) is 0 Å². The molecule has 4 aromatic rings. The molecule has 0 N–H and O–H groups in total. The Kier molecular flexibility index (Phi) is 2.10. The Morgan fingerprint density at radius 1 is 1.05 bits per heavy atom. The smallest absolute Gasteiger partial charge is 0.218 e. The van der Waals surface area contributed by atoms with E-state index in [0.29, 0.717) is 22.1 Å². The molecule has 0 aliphatic heterocycles. The molecule has 1 aromatic carbocycles. The van der Waals surface area contributed by atoms with Crippen LogP contribution in [0.4, 0.5) is 8.78 Å². The van der Waals surface area contributed by atoms with Gasteiger partial charge in [0.25, 0.3) is 0 Å². The van der Waals surface area contributed by atoms with Crippen molar-refractivity contribution in [1.82, 2.24) is 14.4 Å². The van der Waals surface area contributed by atoms with Crippen molar-refractivity contribution in [3.05, 3.63) is 54.1 Å². The first kappa shape index (κ1) is 11.3. The summed E-state index contributed by atoms with van der Waals surface area (Å²) in [6.45, 7) is 1.76. The van der Waals surface area contributed by atoms with Gasteiger partial charge in [0.2, 0.25) is 5.95 Å². The van der Waals surface area contributed by atoms with E-state index in [2.05, 4.69) is 9.97 Å². The Bertz CT molecular complexity index is 989. The summed E-state index contributed by atoms with van der Waals surface area (Å²) in [5, 5.41) is 2.15. The number of nitrogens with zero attached hydrogens (tertiary/aromatic N) is 3. The molecule has 0 aliphatic carbocycles. The molecule has 20 heavy (non-hydrogen) atoms. The van der Waals surface area contributed by atoms with Crippen LogP contribution in [0.5, 0.6) is 0 Å². The molecule has 0 aliphatic rings. The highest BCUT2D eigenvalue weighted by atomic mass is 19.1. The van der Waals surface area contributed by atoms with Gasteiger partial charge in [0.05, 0.1) is 11.7 Å². The third-order valence-corrected chi connectivity index (χ3v) is 3.56. The molecule has 98 valence electrons. The van der Waals surface area contributed by atoms with Crippen LogP contribution in [-0.2, 0) is 0 Å². The van der Waals surface area contributed by atoms with E-state index in [1.54, 1.807) is 25.4 Å². The van der Waals surface area contributed by atoms with Crippen LogP contribution in [0.1, 0.15) is 5.56 Å². The summed E-state index contributed by atoms with van der Waals surface area (Å²) in [5.41, 5.74) is 1.80. The number of hydrogen-bond acceptors (Lipinski definition) is 2. The zero-order valence-electron chi connectivity index (χ0n) is 10.6. The average molecular weight is 269 g/mol. The van der Waals surface area contributed by atoms with Gasteiger partial charge >= 0.3 is 0 Å². The summed E-state index contributed by atoms with van der Waals surface area (Å²) in [4.78, 5) is 8.21. The number of aromatic nitrogens is 3. The first-order valence-electron chi connectivity index (χ1n) is 6.15. The Balaban J connectivity index is 2.47. The molecule has 0 radical (unpaired) electrons. The molecule has 0 saturated carbocycles. The molecule has 0 atom stereocenters. The number of aryl methyl sites for hydroxylation is 1. The van der Waals surface area contributed by atoms with Crippen LogP contribution in [0.15, 0.2) is 36.8 Å². The Hall–Kier alpha value is -2.56. The van der Waals surface area contributed by atoms with Crippen LogP contribution in [0.3, 0.4) is 0 Å². The molecule has 0 fully saturated rings. The lowest BCUT2D eigenvalue weighted by atomic mass is 10.0. The molecule has 0 unspecified atom stereocenters. The van der Waals surface area contributed by atoms with Gasteiger partial charge in [0.15, 0.2) is 0 Å². The molecular formula is C15H9F2N3. The normalized spacial score (nSPS) is 11.8. The van der Waals surface area contributed by atoms with Gasteiger partial charge in [-0.25, -0.2) is 9.37 Å². The highest BCUT2D eigenvalue weighted by Crippen LogP contribution is 2.31. The Morgan fingerprint density at radius 3 is 2.75 bits per heavy atom. The molecular weight excluding hydrogens is 260 g/mol. The number of benzene rings is 1. The number of halogens is 2. The van der Waals surface area contributed by atoms with Gasteiger partial charge in [-0.2, -0.15) is 4.39 Å². The van der Waals surface area contributed by atoms with Crippen LogP contribution in [0.2, 0.25) is 0 Å². The number of imidazole rings is 1. The van der Waals surface area contributed by atoms with E-state index < -0.39 is 5.95 Å².